The Morgan fingerprint density at radius 2 is 2.39 bits per heavy atom. The number of carbonyl (C=O) groups is 1. The van der Waals surface area contributed by atoms with E-state index in [1.807, 2.05) is 19.3 Å². The van der Waals surface area contributed by atoms with Gasteiger partial charge in [0, 0.05) is 31.4 Å². The van der Waals surface area contributed by atoms with Crippen molar-refractivity contribution in [3.63, 3.8) is 0 Å². The van der Waals surface area contributed by atoms with Gasteiger partial charge in [-0.2, -0.15) is 0 Å². The highest BCUT2D eigenvalue weighted by Crippen LogP contribution is 2.29. The Balaban J connectivity index is 1.82. The summed E-state index contributed by atoms with van der Waals surface area (Å²) in [6, 6.07) is 4.06. The maximum Gasteiger partial charge on any atom is 0.317 e. The number of ether oxygens (including phenoxy) is 2. The summed E-state index contributed by atoms with van der Waals surface area (Å²) < 4.78 is 10.0. The Labute approximate surface area is 107 Å². The smallest absolute Gasteiger partial charge is 0.317 e. The molecular weight excluding hydrogens is 232 g/mol. The molecule has 1 aliphatic rings. The maximum absolute atomic E-state index is 11.7. The summed E-state index contributed by atoms with van der Waals surface area (Å²) >= 11 is 0. The molecule has 100 valence electrons. The van der Waals surface area contributed by atoms with E-state index in [4.69, 9.17) is 9.47 Å². The molecule has 1 fully saturated rings. The van der Waals surface area contributed by atoms with Gasteiger partial charge in [-0.1, -0.05) is 0 Å². The van der Waals surface area contributed by atoms with Crippen molar-refractivity contribution in [2.75, 3.05) is 40.5 Å². The van der Waals surface area contributed by atoms with E-state index >= 15 is 0 Å². The molecule has 1 aromatic heterocycles. The molecule has 5 heteroatoms. The van der Waals surface area contributed by atoms with Crippen LogP contribution >= 0.6 is 0 Å². The van der Waals surface area contributed by atoms with E-state index in [0.717, 1.165) is 13.0 Å². The number of methoxy groups -OCH3 is 1. The summed E-state index contributed by atoms with van der Waals surface area (Å²) in [5, 5.41) is 0. The molecule has 1 aromatic rings. The van der Waals surface area contributed by atoms with Gasteiger partial charge < -0.3 is 19.4 Å². The molecule has 0 spiro atoms. The number of nitrogens with one attached hydrogen (secondary N) is 1. The predicted molar refractivity (Wildman–Crippen MR) is 67.3 cm³/mol. The van der Waals surface area contributed by atoms with E-state index in [9.17, 15) is 4.79 Å². The summed E-state index contributed by atoms with van der Waals surface area (Å²) in [6.07, 6.45) is 2.87. The van der Waals surface area contributed by atoms with Crippen molar-refractivity contribution in [1.82, 2.24) is 9.88 Å². The molecule has 5 nitrogen and oxygen atoms in total. The highest BCUT2D eigenvalue weighted by atomic mass is 16.5. The second-order valence-electron chi connectivity index (χ2n) is 4.95. The van der Waals surface area contributed by atoms with E-state index in [1.165, 1.54) is 12.8 Å². The fraction of sp³-hybridized carbons (Fsp3) is 0.615. The zero-order chi connectivity index (χ0) is 13.0. The first-order valence-corrected chi connectivity index (χ1v) is 6.13. The van der Waals surface area contributed by atoms with E-state index in [2.05, 4.69) is 16.0 Å². The van der Waals surface area contributed by atoms with Crippen LogP contribution in [0, 0.1) is 5.41 Å². The van der Waals surface area contributed by atoms with Crippen LogP contribution in [-0.2, 0) is 20.7 Å². The molecule has 0 aromatic carbocycles. The van der Waals surface area contributed by atoms with Crippen LogP contribution in [-0.4, -0.2) is 56.3 Å². The van der Waals surface area contributed by atoms with Gasteiger partial charge in [0.1, 0.15) is 5.41 Å². The van der Waals surface area contributed by atoms with E-state index < -0.39 is 5.41 Å². The molecule has 1 N–H and O–H groups in total. The van der Waals surface area contributed by atoms with Crippen LogP contribution in [0.25, 0.3) is 0 Å². The lowest BCUT2D eigenvalue weighted by Gasteiger charge is -2.40. The first-order valence-electron chi connectivity index (χ1n) is 6.13. The molecule has 2 rings (SSSR count). The summed E-state index contributed by atoms with van der Waals surface area (Å²) in [4.78, 5) is 17.1. The molecule has 2 heterocycles. The number of H-pyrrole nitrogens is 1. The first kappa shape index (κ1) is 13.1. The quantitative estimate of drug-likeness (QED) is 0.756. The van der Waals surface area contributed by atoms with Crippen LogP contribution in [0.15, 0.2) is 18.3 Å². The zero-order valence-corrected chi connectivity index (χ0v) is 10.9. The number of carbonyl (C=O) groups excluding carboxylic acids is 1. The molecule has 0 amide bonds. The van der Waals surface area contributed by atoms with Crippen molar-refractivity contribution < 1.29 is 14.3 Å². The number of hydrogen-bond donors (Lipinski definition) is 1. The second kappa shape index (κ2) is 5.54. The minimum Gasteiger partial charge on any atom is -0.468 e. The standard InChI is InChI=1S/C13H20N2O3/c1-15(7-5-11-4-3-6-14-11)8-13(9-18-10-13)12(16)17-2/h3-4,6,14H,5,7-10H2,1-2H3. The summed E-state index contributed by atoms with van der Waals surface area (Å²) in [5.74, 6) is -0.166. The lowest BCUT2D eigenvalue weighted by Crippen LogP contribution is -2.56. The van der Waals surface area contributed by atoms with E-state index in [-0.39, 0.29) is 5.97 Å². The normalized spacial score (nSPS) is 17.5. The third-order valence-electron chi connectivity index (χ3n) is 3.37. The highest BCUT2D eigenvalue weighted by Gasteiger charge is 2.47. The molecule has 0 bridgehead atoms. The summed E-state index contributed by atoms with van der Waals surface area (Å²) in [5.41, 5.74) is 0.748. The highest BCUT2D eigenvalue weighted by molar-refractivity contribution is 5.78. The fourth-order valence-corrected chi connectivity index (χ4v) is 2.27. The Morgan fingerprint density at radius 1 is 1.61 bits per heavy atom. The van der Waals surface area contributed by atoms with Crippen molar-refractivity contribution in [2.24, 2.45) is 5.41 Å². The van der Waals surface area contributed by atoms with Crippen LogP contribution in [0.5, 0.6) is 0 Å². The van der Waals surface area contributed by atoms with E-state index in [1.54, 1.807) is 0 Å². The van der Waals surface area contributed by atoms with Gasteiger partial charge in [-0.3, -0.25) is 4.79 Å². The fourth-order valence-electron chi connectivity index (χ4n) is 2.27. The molecular formula is C13H20N2O3. The molecule has 0 saturated carbocycles. The third-order valence-corrected chi connectivity index (χ3v) is 3.37. The van der Waals surface area contributed by atoms with Gasteiger partial charge >= 0.3 is 5.97 Å². The maximum atomic E-state index is 11.7. The number of nitrogens with zero attached hydrogens (tertiary/aromatic N) is 1. The van der Waals surface area contributed by atoms with Crippen molar-refractivity contribution in [2.45, 2.75) is 6.42 Å². The third kappa shape index (κ3) is 2.73. The average molecular weight is 252 g/mol. The molecule has 1 aliphatic heterocycles. The Hall–Kier alpha value is -1.33. The molecule has 18 heavy (non-hydrogen) atoms. The predicted octanol–water partition coefficient (Wildman–Crippen LogP) is 0.679. The van der Waals surface area contributed by atoms with Gasteiger partial charge in [-0.15, -0.1) is 0 Å². The Bertz CT molecular complexity index is 385. The molecule has 0 radical (unpaired) electrons. The van der Waals surface area contributed by atoms with Gasteiger partial charge in [0.2, 0.25) is 0 Å². The molecule has 0 aliphatic carbocycles. The minimum absolute atomic E-state index is 0.166. The van der Waals surface area contributed by atoms with Crippen LogP contribution < -0.4 is 0 Å². The first-order chi connectivity index (χ1) is 8.66. The number of rotatable bonds is 6. The summed E-state index contributed by atoms with van der Waals surface area (Å²) in [6.45, 7) is 2.51. The largest absolute Gasteiger partial charge is 0.468 e. The van der Waals surface area contributed by atoms with Crippen LogP contribution in [0.2, 0.25) is 0 Å². The van der Waals surface area contributed by atoms with Crippen molar-refractivity contribution >= 4 is 5.97 Å². The van der Waals surface area contributed by atoms with Gasteiger partial charge in [0.25, 0.3) is 0 Å². The van der Waals surface area contributed by atoms with Crippen LogP contribution in [0.3, 0.4) is 0 Å². The zero-order valence-electron chi connectivity index (χ0n) is 10.9. The number of aromatic nitrogens is 1. The van der Waals surface area contributed by atoms with E-state index in [0.29, 0.717) is 19.8 Å². The lowest BCUT2D eigenvalue weighted by atomic mass is 9.85. The Kier molecular flexibility index (Phi) is 4.04. The Morgan fingerprint density at radius 3 is 2.89 bits per heavy atom. The van der Waals surface area contributed by atoms with Crippen molar-refractivity contribution in [3.05, 3.63) is 24.0 Å². The number of aromatic amines is 1. The van der Waals surface area contributed by atoms with Gasteiger partial charge in [0.15, 0.2) is 0 Å². The molecule has 0 unspecified atom stereocenters. The molecule has 1 saturated heterocycles. The van der Waals surface area contributed by atoms with Gasteiger partial charge in [-0.05, 0) is 19.2 Å². The average Bonchev–Trinajstić information content (AvgIpc) is 2.83. The number of likely N-dealkylation sites (N-methyl/N-ethyl adjacent to an activating group) is 1. The second-order valence-corrected chi connectivity index (χ2v) is 4.95. The van der Waals surface area contributed by atoms with Crippen LogP contribution in [0.4, 0.5) is 0 Å². The van der Waals surface area contributed by atoms with Gasteiger partial charge in [0.05, 0.1) is 20.3 Å². The van der Waals surface area contributed by atoms with Crippen molar-refractivity contribution in [3.8, 4) is 0 Å². The lowest BCUT2D eigenvalue weighted by molar-refractivity contribution is -0.186. The van der Waals surface area contributed by atoms with Crippen LogP contribution in [0.1, 0.15) is 5.69 Å². The number of hydrogen-bond acceptors (Lipinski definition) is 4. The number of esters is 1. The summed E-state index contributed by atoms with van der Waals surface area (Å²) in [7, 11) is 3.45. The monoisotopic (exact) mass is 252 g/mol. The van der Waals surface area contributed by atoms with Crippen molar-refractivity contribution in [1.29, 1.82) is 0 Å². The topological polar surface area (TPSA) is 54.6 Å². The van der Waals surface area contributed by atoms with Gasteiger partial charge in [-0.25, -0.2) is 0 Å². The SMILES string of the molecule is COC(=O)C1(CN(C)CCc2ccc[nH]2)COC1. The minimum atomic E-state index is -0.459. The molecule has 0 atom stereocenters.